The van der Waals surface area contributed by atoms with Crippen molar-refractivity contribution >= 4 is 11.6 Å². The molecule has 1 saturated carbocycles. The van der Waals surface area contributed by atoms with Crippen LogP contribution in [0, 0.1) is 5.92 Å². The van der Waals surface area contributed by atoms with Crippen molar-refractivity contribution in [3.63, 3.8) is 0 Å². The van der Waals surface area contributed by atoms with E-state index in [4.69, 9.17) is 22.1 Å². The predicted molar refractivity (Wildman–Crippen MR) is 72.8 cm³/mol. The maximum Gasteiger partial charge on any atom is 0.0850 e. The van der Waals surface area contributed by atoms with Crippen LogP contribution in [0.3, 0.4) is 0 Å². The molecule has 1 fully saturated rings. The number of ether oxygens (including phenoxy) is 1. The first-order valence-corrected chi connectivity index (χ1v) is 6.94. The second-order valence-electron chi connectivity index (χ2n) is 5.09. The third-order valence-corrected chi connectivity index (χ3v) is 4.15. The molecule has 0 radical (unpaired) electrons. The second-order valence-corrected chi connectivity index (χ2v) is 5.47. The molecule has 2 N–H and O–H groups in total. The summed E-state index contributed by atoms with van der Waals surface area (Å²) in [4.78, 5) is 0. The van der Waals surface area contributed by atoms with E-state index in [9.17, 15) is 0 Å². The van der Waals surface area contributed by atoms with E-state index in [1.807, 2.05) is 11.7 Å². The Hall–Kier alpha value is -0.580. The van der Waals surface area contributed by atoms with E-state index in [-0.39, 0.29) is 12.1 Å². The van der Waals surface area contributed by atoms with E-state index in [1.165, 1.54) is 12.8 Å². The highest BCUT2D eigenvalue weighted by atomic mass is 35.5. The average molecular weight is 272 g/mol. The summed E-state index contributed by atoms with van der Waals surface area (Å²) in [5, 5.41) is 5.18. The number of methoxy groups -OCH3 is 1. The molecule has 2 atom stereocenters. The van der Waals surface area contributed by atoms with Gasteiger partial charge in [-0.1, -0.05) is 18.5 Å². The number of nitrogens with zero attached hydrogens (tertiary/aromatic N) is 2. The van der Waals surface area contributed by atoms with Crippen molar-refractivity contribution < 1.29 is 4.74 Å². The zero-order valence-corrected chi connectivity index (χ0v) is 12.1. The Kier molecular flexibility index (Phi) is 4.30. The quantitative estimate of drug-likeness (QED) is 0.860. The normalized spacial score (nSPS) is 18.9. The van der Waals surface area contributed by atoms with Crippen molar-refractivity contribution in [2.75, 3.05) is 7.11 Å². The third-order valence-electron chi connectivity index (χ3n) is 3.71. The van der Waals surface area contributed by atoms with Crippen LogP contribution in [-0.2, 0) is 24.6 Å². The molecule has 0 amide bonds. The van der Waals surface area contributed by atoms with Crippen LogP contribution in [0.25, 0.3) is 0 Å². The number of aryl methyl sites for hydroxylation is 2. The zero-order chi connectivity index (χ0) is 13.3. The summed E-state index contributed by atoms with van der Waals surface area (Å²) in [5.74, 6) is 0.627. The number of nitrogens with two attached hydrogens (primary N) is 1. The first-order chi connectivity index (χ1) is 8.58. The molecule has 1 heterocycles. The molecule has 0 saturated heterocycles. The van der Waals surface area contributed by atoms with Crippen LogP contribution in [0.15, 0.2) is 0 Å². The molecular weight excluding hydrogens is 250 g/mol. The molecule has 0 aliphatic heterocycles. The van der Waals surface area contributed by atoms with Crippen LogP contribution in [0.5, 0.6) is 0 Å². The number of hydrogen-bond donors (Lipinski definition) is 1. The van der Waals surface area contributed by atoms with E-state index >= 15 is 0 Å². The summed E-state index contributed by atoms with van der Waals surface area (Å²) in [5.41, 5.74) is 8.23. The van der Waals surface area contributed by atoms with Gasteiger partial charge in [-0.05, 0) is 25.2 Å². The maximum absolute atomic E-state index is 6.34. The van der Waals surface area contributed by atoms with Gasteiger partial charge in [0.1, 0.15) is 0 Å². The van der Waals surface area contributed by atoms with Crippen molar-refractivity contribution in [2.24, 2.45) is 18.7 Å². The number of rotatable bonds is 6. The lowest BCUT2D eigenvalue weighted by Crippen LogP contribution is -2.40. The van der Waals surface area contributed by atoms with Crippen LogP contribution in [-0.4, -0.2) is 29.0 Å². The highest BCUT2D eigenvalue weighted by Gasteiger charge is 2.36. The van der Waals surface area contributed by atoms with E-state index in [1.54, 1.807) is 7.11 Å². The minimum Gasteiger partial charge on any atom is -0.380 e. The van der Waals surface area contributed by atoms with Crippen LogP contribution < -0.4 is 5.73 Å². The molecule has 4 nitrogen and oxygen atoms in total. The number of hydrogen-bond acceptors (Lipinski definition) is 3. The van der Waals surface area contributed by atoms with Crippen LogP contribution >= 0.6 is 11.6 Å². The Morgan fingerprint density at radius 2 is 2.22 bits per heavy atom. The summed E-state index contributed by atoms with van der Waals surface area (Å²) in [7, 11) is 3.66. The summed E-state index contributed by atoms with van der Waals surface area (Å²) in [6.07, 6.45) is 4.16. The molecule has 18 heavy (non-hydrogen) atoms. The smallest absolute Gasteiger partial charge is 0.0850 e. The molecule has 0 spiro atoms. The second kappa shape index (κ2) is 5.59. The van der Waals surface area contributed by atoms with E-state index in [0.29, 0.717) is 5.92 Å². The van der Waals surface area contributed by atoms with Gasteiger partial charge in [0.05, 0.1) is 22.5 Å². The summed E-state index contributed by atoms with van der Waals surface area (Å²) < 4.78 is 7.37. The van der Waals surface area contributed by atoms with Gasteiger partial charge in [0, 0.05) is 26.6 Å². The molecule has 2 unspecified atom stereocenters. The topological polar surface area (TPSA) is 53.1 Å². The van der Waals surface area contributed by atoms with Gasteiger partial charge >= 0.3 is 0 Å². The lowest BCUT2D eigenvalue weighted by atomic mass is 10.0. The van der Waals surface area contributed by atoms with Crippen molar-refractivity contribution in [1.29, 1.82) is 0 Å². The Labute approximate surface area is 113 Å². The molecular formula is C13H22ClN3O. The lowest BCUT2D eigenvalue weighted by Gasteiger charge is -2.22. The van der Waals surface area contributed by atoms with Gasteiger partial charge in [-0.15, -0.1) is 0 Å². The fourth-order valence-electron chi connectivity index (χ4n) is 2.52. The van der Waals surface area contributed by atoms with Gasteiger partial charge in [-0.25, -0.2) is 0 Å². The van der Waals surface area contributed by atoms with Gasteiger partial charge in [0.15, 0.2) is 0 Å². The third kappa shape index (κ3) is 2.71. The largest absolute Gasteiger partial charge is 0.380 e. The Morgan fingerprint density at radius 1 is 1.56 bits per heavy atom. The number of halogens is 1. The van der Waals surface area contributed by atoms with E-state index < -0.39 is 0 Å². The Bertz CT molecular complexity index is 415. The summed E-state index contributed by atoms with van der Waals surface area (Å²) in [6, 6.07) is -0.0138. The highest BCUT2D eigenvalue weighted by Crippen LogP contribution is 2.36. The first-order valence-electron chi connectivity index (χ1n) is 6.57. The van der Waals surface area contributed by atoms with Gasteiger partial charge in [0.25, 0.3) is 0 Å². The molecule has 1 aliphatic rings. The Morgan fingerprint density at radius 3 is 2.67 bits per heavy atom. The van der Waals surface area contributed by atoms with Crippen molar-refractivity contribution in [2.45, 2.75) is 44.8 Å². The molecule has 1 aliphatic carbocycles. The number of aromatic nitrogens is 2. The van der Waals surface area contributed by atoms with E-state index in [0.717, 1.165) is 29.3 Å². The molecule has 1 aromatic rings. The monoisotopic (exact) mass is 271 g/mol. The summed E-state index contributed by atoms with van der Waals surface area (Å²) in [6.45, 7) is 2.06. The van der Waals surface area contributed by atoms with E-state index in [2.05, 4.69) is 12.0 Å². The van der Waals surface area contributed by atoms with Gasteiger partial charge in [-0.2, -0.15) is 5.10 Å². The van der Waals surface area contributed by atoms with Crippen LogP contribution in [0.4, 0.5) is 0 Å². The molecule has 0 bridgehead atoms. The van der Waals surface area contributed by atoms with Crippen molar-refractivity contribution in [1.82, 2.24) is 9.78 Å². The first kappa shape index (κ1) is 13.8. The van der Waals surface area contributed by atoms with Crippen LogP contribution in [0.1, 0.15) is 31.2 Å². The van der Waals surface area contributed by atoms with Crippen LogP contribution in [0.2, 0.25) is 5.02 Å². The maximum atomic E-state index is 6.34. The SMILES string of the molecule is CCc1nn(C)c(CC(N)C(OC)C2CC2)c1Cl. The van der Waals surface area contributed by atoms with Crippen molar-refractivity contribution in [3.8, 4) is 0 Å². The molecule has 5 heteroatoms. The van der Waals surface area contributed by atoms with Gasteiger partial charge in [0.2, 0.25) is 0 Å². The van der Waals surface area contributed by atoms with Gasteiger partial charge < -0.3 is 10.5 Å². The highest BCUT2D eigenvalue weighted by molar-refractivity contribution is 6.31. The average Bonchev–Trinajstić information content (AvgIpc) is 3.13. The molecule has 2 rings (SSSR count). The zero-order valence-electron chi connectivity index (χ0n) is 11.3. The lowest BCUT2D eigenvalue weighted by molar-refractivity contribution is 0.0622. The molecule has 102 valence electrons. The molecule has 0 aromatic carbocycles. The van der Waals surface area contributed by atoms with Gasteiger partial charge in [-0.3, -0.25) is 4.68 Å². The summed E-state index contributed by atoms with van der Waals surface area (Å²) >= 11 is 6.34. The minimum absolute atomic E-state index is 0.0138. The van der Waals surface area contributed by atoms with Crippen molar-refractivity contribution in [3.05, 3.63) is 16.4 Å². The minimum atomic E-state index is -0.0138. The molecule has 1 aromatic heterocycles. The Balaban J connectivity index is 2.10. The standard InChI is InChI=1S/C13H22ClN3O/c1-4-10-12(14)11(17(2)16-10)7-9(15)13(18-3)8-5-6-8/h8-9,13H,4-7,15H2,1-3H3. The fourth-order valence-corrected chi connectivity index (χ4v) is 2.89. The fraction of sp³-hybridized carbons (Fsp3) is 0.769. The predicted octanol–water partition coefficient (Wildman–Crippen LogP) is 1.93.